The fraction of sp³-hybridized carbons (Fsp3) is 0.478. The summed E-state index contributed by atoms with van der Waals surface area (Å²) < 4.78 is 11.5. The molecule has 2 heterocycles. The fourth-order valence-corrected chi connectivity index (χ4v) is 2.68. The van der Waals surface area contributed by atoms with Crippen LogP contribution < -0.4 is 20.9 Å². The van der Waals surface area contributed by atoms with Gasteiger partial charge < -0.3 is 20.9 Å². The molecular formula is C23H36Cl2N6O2. The molecule has 33 heavy (non-hydrogen) atoms. The maximum Gasteiger partial charge on any atom is 0.144 e. The number of halogens is 2. The summed E-state index contributed by atoms with van der Waals surface area (Å²) in [4.78, 5) is 17.2. The average Bonchev–Trinajstić information content (AvgIpc) is 2.73. The minimum absolute atomic E-state index is 0. The van der Waals surface area contributed by atoms with E-state index in [2.05, 4.69) is 20.0 Å². The van der Waals surface area contributed by atoms with Crippen LogP contribution in [-0.4, -0.2) is 46.9 Å². The van der Waals surface area contributed by atoms with Crippen molar-refractivity contribution in [2.45, 2.75) is 59.0 Å². The number of amidine groups is 2. The van der Waals surface area contributed by atoms with Gasteiger partial charge in [-0.2, -0.15) is 0 Å². The lowest BCUT2D eigenvalue weighted by Crippen LogP contribution is -2.17. The number of hydrogen-bond donors (Lipinski definition) is 2. The van der Waals surface area contributed by atoms with Crippen molar-refractivity contribution in [3.05, 3.63) is 48.0 Å². The third kappa shape index (κ3) is 11.7. The number of nitrogens with two attached hydrogens (primary N) is 2. The molecule has 0 spiro atoms. The summed E-state index contributed by atoms with van der Waals surface area (Å²) in [6.07, 6.45) is 6.22. The highest BCUT2D eigenvalue weighted by molar-refractivity contribution is 5.96. The van der Waals surface area contributed by atoms with Crippen LogP contribution >= 0.6 is 24.8 Å². The van der Waals surface area contributed by atoms with E-state index in [1.807, 2.05) is 52.0 Å². The van der Waals surface area contributed by atoms with Gasteiger partial charge in [0.15, 0.2) is 0 Å². The van der Waals surface area contributed by atoms with Crippen molar-refractivity contribution in [3.63, 3.8) is 0 Å². The number of aromatic nitrogens is 2. The average molecular weight is 499 g/mol. The minimum Gasteiger partial charge on any atom is -0.492 e. The highest BCUT2D eigenvalue weighted by atomic mass is 35.5. The van der Waals surface area contributed by atoms with Gasteiger partial charge in [-0.1, -0.05) is 0 Å². The Labute approximate surface area is 209 Å². The van der Waals surface area contributed by atoms with Crippen LogP contribution in [0.15, 0.2) is 46.6 Å². The molecule has 0 saturated carbocycles. The molecule has 0 aliphatic rings. The van der Waals surface area contributed by atoms with Crippen LogP contribution in [-0.2, 0) is 0 Å². The maximum atomic E-state index is 5.91. The molecule has 0 amide bonds. The molecule has 0 aliphatic carbocycles. The smallest absolute Gasteiger partial charge is 0.144 e. The van der Waals surface area contributed by atoms with Crippen molar-refractivity contribution < 1.29 is 9.47 Å². The van der Waals surface area contributed by atoms with Crippen molar-refractivity contribution in [1.82, 2.24) is 9.97 Å². The van der Waals surface area contributed by atoms with Gasteiger partial charge in [0, 0.05) is 12.1 Å². The van der Waals surface area contributed by atoms with E-state index in [1.54, 1.807) is 12.4 Å². The van der Waals surface area contributed by atoms with Crippen LogP contribution in [0, 0.1) is 0 Å². The number of aliphatic imine (C=N–C) groups is 2. The Hall–Kier alpha value is -2.58. The highest BCUT2D eigenvalue weighted by Gasteiger charge is 2.04. The monoisotopic (exact) mass is 498 g/mol. The van der Waals surface area contributed by atoms with Gasteiger partial charge in [-0.25, -0.2) is 9.97 Å². The van der Waals surface area contributed by atoms with E-state index >= 15 is 0 Å². The summed E-state index contributed by atoms with van der Waals surface area (Å²) in [5.41, 5.74) is 13.2. The van der Waals surface area contributed by atoms with Crippen LogP contribution in [0.2, 0.25) is 0 Å². The van der Waals surface area contributed by atoms with Crippen LogP contribution in [0.1, 0.15) is 58.3 Å². The maximum absolute atomic E-state index is 5.91. The minimum atomic E-state index is 0. The van der Waals surface area contributed by atoms with Crippen molar-refractivity contribution in [3.8, 4) is 11.5 Å². The lowest BCUT2D eigenvalue weighted by molar-refractivity contribution is 0.278. The van der Waals surface area contributed by atoms with Gasteiger partial charge in [0.2, 0.25) is 0 Å². The number of ether oxygens (including phenoxy) is 2. The molecule has 0 bridgehead atoms. The molecule has 2 aromatic heterocycles. The number of rotatable bonds is 12. The molecule has 2 aromatic rings. The summed E-state index contributed by atoms with van der Waals surface area (Å²) in [6.45, 7) is 9.15. The lowest BCUT2D eigenvalue weighted by atomic mass is 10.2. The first-order chi connectivity index (χ1) is 14.8. The zero-order valence-corrected chi connectivity index (χ0v) is 21.4. The van der Waals surface area contributed by atoms with Crippen molar-refractivity contribution in [2.75, 3.05) is 13.2 Å². The van der Waals surface area contributed by atoms with E-state index in [9.17, 15) is 0 Å². The van der Waals surface area contributed by atoms with E-state index in [0.29, 0.717) is 36.3 Å². The number of hydrogen-bond acceptors (Lipinski definition) is 6. The molecular weight excluding hydrogens is 463 g/mol. The molecule has 10 heteroatoms. The SMILES string of the molecule is CC(C)N=C(N)c1ccc(OCCCCCOc2ccc(C(N)=NC(C)C)nc2)cn1.Cl.Cl. The van der Waals surface area contributed by atoms with Crippen molar-refractivity contribution in [2.24, 2.45) is 21.5 Å². The predicted molar refractivity (Wildman–Crippen MR) is 140 cm³/mol. The lowest BCUT2D eigenvalue weighted by Gasteiger charge is -2.08. The second kappa shape index (κ2) is 16.1. The molecule has 0 unspecified atom stereocenters. The van der Waals surface area contributed by atoms with Gasteiger partial charge in [0.1, 0.15) is 34.6 Å². The normalized spacial score (nSPS) is 11.7. The Morgan fingerprint density at radius 1 is 0.727 bits per heavy atom. The molecule has 0 aromatic carbocycles. The van der Waals surface area contributed by atoms with Crippen LogP contribution in [0.25, 0.3) is 0 Å². The van der Waals surface area contributed by atoms with E-state index in [1.165, 1.54) is 0 Å². The molecule has 4 N–H and O–H groups in total. The Morgan fingerprint density at radius 2 is 1.12 bits per heavy atom. The molecule has 8 nitrogen and oxygen atoms in total. The van der Waals surface area contributed by atoms with Gasteiger partial charge in [-0.15, -0.1) is 24.8 Å². The van der Waals surface area contributed by atoms with Gasteiger partial charge in [-0.3, -0.25) is 9.98 Å². The largest absolute Gasteiger partial charge is 0.492 e. The van der Waals surface area contributed by atoms with Crippen LogP contribution in [0.4, 0.5) is 0 Å². The van der Waals surface area contributed by atoms with E-state index in [0.717, 1.165) is 30.8 Å². The molecule has 0 radical (unpaired) electrons. The topological polar surface area (TPSA) is 121 Å². The first kappa shape index (κ1) is 30.4. The van der Waals surface area contributed by atoms with Gasteiger partial charge in [0.05, 0.1) is 25.6 Å². The first-order valence-electron chi connectivity index (χ1n) is 10.7. The molecule has 0 aliphatic heterocycles. The highest BCUT2D eigenvalue weighted by Crippen LogP contribution is 2.12. The zero-order valence-electron chi connectivity index (χ0n) is 19.7. The predicted octanol–water partition coefficient (Wildman–Crippen LogP) is 4.18. The Morgan fingerprint density at radius 3 is 1.42 bits per heavy atom. The zero-order chi connectivity index (χ0) is 22.6. The second-order valence-corrected chi connectivity index (χ2v) is 7.73. The molecule has 0 fully saturated rings. The Kier molecular flexibility index (Phi) is 14.8. The summed E-state index contributed by atoms with van der Waals surface area (Å²) >= 11 is 0. The summed E-state index contributed by atoms with van der Waals surface area (Å²) in [5.74, 6) is 2.34. The van der Waals surface area contributed by atoms with Crippen molar-refractivity contribution in [1.29, 1.82) is 0 Å². The molecule has 2 rings (SSSR count). The summed E-state index contributed by atoms with van der Waals surface area (Å²) in [7, 11) is 0. The van der Waals surface area contributed by atoms with Gasteiger partial charge in [-0.05, 0) is 71.2 Å². The standard InChI is InChI=1S/C23H34N6O2.2ClH/c1-16(2)28-22(24)20-10-8-18(14-26-20)30-12-6-5-7-13-31-19-9-11-21(27-15-19)23(25)29-17(3)4;;/h8-11,14-17H,5-7,12-13H2,1-4H3,(H2,24,28)(H2,25,29);2*1H. The van der Waals surface area contributed by atoms with Crippen LogP contribution in [0.3, 0.4) is 0 Å². The third-order valence-corrected chi connectivity index (χ3v) is 4.12. The van der Waals surface area contributed by atoms with Gasteiger partial charge in [0.25, 0.3) is 0 Å². The summed E-state index contributed by atoms with van der Waals surface area (Å²) in [5, 5.41) is 0. The second-order valence-electron chi connectivity index (χ2n) is 7.73. The number of nitrogens with zero attached hydrogens (tertiary/aromatic N) is 4. The third-order valence-electron chi connectivity index (χ3n) is 4.12. The Balaban J connectivity index is 0.00000512. The molecule has 0 saturated heterocycles. The number of pyridine rings is 2. The Bertz CT molecular complexity index is 785. The summed E-state index contributed by atoms with van der Waals surface area (Å²) in [6, 6.07) is 7.66. The molecule has 0 atom stereocenters. The van der Waals surface area contributed by atoms with Gasteiger partial charge >= 0.3 is 0 Å². The first-order valence-corrected chi connectivity index (χ1v) is 10.7. The van der Waals surface area contributed by atoms with E-state index in [4.69, 9.17) is 20.9 Å². The fourth-order valence-electron chi connectivity index (χ4n) is 2.68. The van der Waals surface area contributed by atoms with Crippen LogP contribution in [0.5, 0.6) is 11.5 Å². The van der Waals surface area contributed by atoms with E-state index in [-0.39, 0.29) is 36.9 Å². The number of unbranched alkanes of at least 4 members (excludes halogenated alkanes) is 2. The quantitative estimate of drug-likeness (QED) is 0.257. The molecule has 184 valence electrons. The van der Waals surface area contributed by atoms with Crippen molar-refractivity contribution >= 4 is 36.5 Å². The van der Waals surface area contributed by atoms with E-state index < -0.39 is 0 Å².